The van der Waals surface area contributed by atoms with Crippen molar-refractivity contribution in [3.8, 4) is 0 Å². The van der Waals surface area contributed by atoms with Gasteiger partial charge in [0.15, 0.2) is 0 Å². The van der Waals surface area contributed by atoms with Crippen LogP contribution >= 0.6 is 12.4 Å². The number of hydrogen-bond donors (Lipinski definition) is 3. The molecule has 1 aliphatic rings. The molecule has 22 heavy (non-hydrogen) atoms. The maximum Gasteiger partial charge on any atom is 0.328 e. The number of hydrogen-bond acceptors (Lipinski definition) is 5. The Morgan fingerprint density at radius 3 is 2.55 bits per heavy atom. The third kappa shape index (κ3) is 6.19. The first-order valence-electron chi connectivity index (χ1n) is 7.26. The summed E-state index contributed by atoms with van der Waals surface area (Å²) in [5, 5.41) is 5.31. The van der Waals surface area contributed by atoms with Gasteiger partial charge in [0.25, 0.3) is 0 Å². The van der Waals surface area contributed by atoms with E-state index < -0.39 is 24.0 Å². The average molecular weight is 336 g/mol. The molecule has 3 atom stereocenters. The van der Waals surface area contributed by atoms with Crippen LogP contribution in [0.15, 0.2) is 0 Å². The minimum absolute atomic E-state index is 0. The molecule has 3 unspecified atom stereocenters. The minimum Gasteiger partial charge on any atom is -0.467 e. The Morgan fingerprint density at radius 1 is 1.45 bits per heavy atom. The Bertz CT molecular complexity index is 404. The van der Waals surface area contributed by atoms with E-state index in [2.05, 4.69) is 10.6 Å². The molecule has 0 aliphatic carbocycles. The molecule has 1 fully saturated rings. The molecule has 128 valence electrons. The fourth-order valence-electron chi connectivity index (χ4n) is 2.40. The van der Waals surface area contributed by atoms with Crippen molar-refractivity contribution in [3.05, 3.63) is 0 Å². The van der Waals surface area contributed by atoms with Crippen molar-refractivity contribution in [1.29, 1.82) is 0 Å². The predicted molar refractivity (Wildman–Crippen MR) is 84.4 cm³/mol. The van der Waals surface area contributed by atoms with Gasteiger partial charge in [0, 0.05) is 12.5 Å². The molecule has 1 saturated heterocycles. The summed E-state index contributed by atoms with van der Waals surface area (Å²) in [6.45, 7) is 4.53. The van der Waals surface area contributed by atoms with Gasteiger partial charge in [-0.05, 0) is 25.2 Å². The van der Waals surface area contributed by atoms with Gasteiger partial charge in [0.1, 0.15) is 6.04 Å². The SMILES string of the molecule is COC(=O)C(CC1CCNC1=O)NC(=O)C(N)CC(C)C.Cl. The van der Waals surface area contributed by atoms with E-state index in [1.54, 1.807) is 0 Å². The van der Waals surface area contributed by atoms with Crippen LogP contribution in [-0.2, 0) is 19.1 Å². The van der Waals surface area contributed by atoms with Gasteiger partial charge < -0.3 is 21.1 Å². The van der Waals surface area contributed by atoms with Crippen LogP contribution in [0.1, 0.15) is 33.1 Å². The lowest BCUT2D eigenvalue weighted by Crippen LogP contribution is -2.50. The van der Waals surface area contributed by atoms with Gasteiger partial charge >= 0.3 is 5.97 Å². The summed E-state index contributed by atoms with van der Waals surface area (Å²) in [6.07, 6.45) is 1.42. The maximum atomic E-state index is 12.0. The minimum atomic E-state index is -0.838. The van der Waals surface area contributed by atoms with E-state index in [4.69, 9.17) is 10.5 Å². The van der Waals surface area contributed by atoms with Crippen molar-refractivity contribution < 1.29 is 19.1 Å². The molecule has 0 aromatic rings. The molecule has 0 aromatic carbocycles. The second kappa shape index (κ2) is 9.63. The first-order valence-corrected chi connectivity index (χ1v) is 7.26. The number of nitrogens with two attached hydrogens (primary N) is 1. The van der Waals surface area contributed by atoms with Gasteiger partial charge in [-0.3, -0.25) is 9.59 Å². The summed E-state index contributed by atoms with van der Waals surface area (Å²) in [7, 11) is 1.25. The van der Waals surface area contributed by atoms with Crippen molar-refractivity contribution >= 4 is 30.2 Å². The van der Waals surface area contributed by atoms with E-state index in [1.165, 1.54) is 7.11 Å². The van der Waals surface area contributed by atoms with E-state index in [1.807, 2.05) is 13.8 Å². The topological polar surface area (TPSA) is 111 Å². The van der Waals surface area contributed by atoms with Crippen LogP contribution in [0, 0.1) is 11.8 Å². The molecule has 1 aliphatic heterocycles. The summed E-state index contributed by atoms with van der Waals surface area (Å²) in [5.41, 5.74) is 5.80. The standard InChI is InChI=1S/C14H25N3O4.ClH/c1-8(2)6-10(15)13(19)17-11(14(20)21-3)7-9-4-5-16-12(9)18;/h8-11H,4-7,15H2,1-3H3,(H,16,18)(H,17,19);1H. The van der Waals surface area contributed by atoms with Gasteiger partial charge in [-0.1, -0.05) is 13.8 Å². The smallest absolute Gasteiger partial charge is 0.328 e. The fourth-order valence-corrected chi connectivity index (χ4v) is 2.40. The average Bonchev–Trinajstić information content (AvgIpc) is 2.81. The Morgan fingerprint density at radius 2 is 2.09 bits per heavy atom. The summed E-state index contributed by atoms with van der Waals surface area (Å²) >= 11 is 0. The van der Waals surface area contributed by atoms with Crippen LogP contribution in [0.3, 0.4) is 0 Å². The Balaban J connectivity index is 0.00000441. The van der Waals surface area contributed by atoms with E-state index in [0.717, 1.165) is 0 Å². The van der Waals surface area contributed by atoms with Gasteiger partial charge in [0.2, 0.25) is 11.8 Å². The number of amides is 2. The normalized spacial score (nSPS) is 19.9. The highest BCUT2D eigenvalue weighted by Crippen LogP contribution is 2.17. The van der Waals surface area contributed by atoms with Crippen LogP contribution in [0.25, 0.3) is 0 Å². The summed E-state index contributed by atoms with van der Waals surface area (Å²) in [5.74, 6) is -1.04. The number of ether oxygens (including phenoxy) is 1. The number of nitrogens with one attached hydrogen (secondary N) is 2. The molecule has 4 N–H and O–H groups in total. The number of methoxy groups -OCH3 is 1. The molecule has 0 bridgehead atoms. The number of carbonyl (C=O) groups is 3. The van der Waals surface area contributed by atoms with E-state index in [0.29, 0.717) is 19.4 Å². The zero-order valence-electron chi connectivity index (χ0n) is 13.3. The third-order valence-electron chi connectivity index (χ3n) is 3.55. The van der Waals surface area contributed by atoms with Crippen molar-refractivity contribution in [2.24, 2.45) is 17.6 Å². The monoisotopic (exact) mass is 335 g/mol. The molecule has 2 amide bonds. The molecular formula is C14H26ClN3O4. The second-order valence-corrected chi connectivity index (χ2v) is 5.83. The lowest BCUT2D eigenvalue weighted by Gasteiger charge is -2.21. The largest absolute Gasteiger partial charge is 0.467 e. The van der Waals surface area contributed by atoms with Crippen molar-refractivity contribution in [2.75, 3.05) is 13.7 Å². The number of esters is 1. The molecule has 0 saturated carbocycles. The third-order valence-corrected chi connectivity index (χ3v) is 3.55. The van der Waals surface area contributed by atoms with Crippen LogP contribution in [-0.4, -0.2) is 43.5 Å². The summed E-state index contributed by atoms with van der Waals surface area (Å²) in [6, 6.07) is -1.51. The van der Waals surface area contributed by atoms with E-state index in [9.17, 15) is 14.4 Å². The second-order valence-electron chi connectivity index (χ2n) is 5.83. The lowest BCUT2D eigenvalue weighted by molar-refractivity contribution is -0.146. The first-order chi connectivity index (χ1) is 9.85. The zero-order chi connectivity index (χ0) is 16.0. The molecule has 0 radical (unpaired) electrons. The van der Waals surface area contributed by atoms with E-state index in [-0.39, 0.29) is 36.6 Å². The highest BCUT2D eigenvalue weighted by atomic mass is 35.5. The van der Waals surface area contributed by atoms with Crippen LogP contribution in [0.5, 0.6) is 0 Å². The zero-order valence-corrected chi connectivity index (χ0v) is 14.1. The van der Waals surface area contributed by atoms with Gasteiger partial charge in [-0.25, -0.2) is 4.79 Å². The summed E-state index contributed by atoms with van der Waals surface area (Å²) < 4.78 is 4.69. The van der Waals surface area contributed by atoms with Crippen LogP contribution < -0.4 is 16.4 Å². The van der Waals surface area contributed by atoms with Crippen LogP contribution in [0.2, 0.25) is 0 Å². The van der Waals surface area contributed by atoms with Gasteiger partial charge in [-0.15, -0.1) is 12.4 Å². The highest BCUT2D eigenvalue weighted by Gasteiger charge is 2.32. The molecule has 7 nitrogen and oxygen atoms in total. The molecule has 0 spiro atoms. The molecule has 1 rings (SSSR count). The number of carbonyl (C=O) groups excluding carboxylic acids is 3. The van der Waals surface area contributed by atoms with Crippen molar-refractivity contribution in [3.63, 3.8) is 0 Å². The van der Waals surface area contributed by atoms with Gasteiger partial charge in [0.05, 0.1) is 13.2 Å². The van der Waals surface area contributed by atoms with Gasteiger partial charge in [-0.2, -0.15) is 0 Å². The molecule has 8 heteroatoms. The molecular weight excluding hydrogens is 310 g/mol. The predicted octanol–water partition coefficient (Wildman–Crippen LogP) is -0.0344. The Kier molecular flexibility index (Phi) is 9.04. The van der Waals surface area contributed by atoms with Crippen molar-refractivity contribution in [1.82, 2.24) is 10.6 Å². The Labute approximate surface area is 137 Å². The summed E-state index contributed by atoms with van der Waals surface area (Å²) in [4.78, 5) is 35.4. The lowest BCUT2D eigenvalue weighted by atomic mass is 9.97. The molecule has 1 heterocycles. The number of halogens is 1. The van der Waals surface area contributed by atoms with E-state index >= 15 is 0 Å². The van der Waals surface area contributed by atoms with Crippen molar-refractivity contribution in [2.45, 2.75) is 45.2 Å². The fraction of sp³-hybridized carbons (Fsp3) is 0.786. The number of rotatable bonds is 7. The van der Waals surface area contributed by atoms with Crippen LogP contribution in [0.4, 0.5) is 0 Å². The molecule has 0 aromatic heterocycles. The quantitative estimate of drug-likeness (QED) is 0.566. The first kappa shape index (κ1) is 20.7. The maximum absolute atomic E-state index is 12.0. The highest BCUT2D eigenvalue weighted by molar-refractivity contribution is 5.88. The Hall–Kier alpha value is -1.34.